The van der Waals surface area contributed by atoms with Crippen molar-refractivity contribution in [3.05, 3.63) is 112 Å². The number of allylic oxidation sites excluding steroid dienone is 1. The molecule has 0 saturated carbocycles. The number of methoxy groups -OCH3 is 1. The molecule has 4 aromatic rings. The molecule has 0 bridgehead atoms. The van der Waals surface area contributed by atoms with Crippen molar-refractivity contribution in [2.75, 3.05) is 20.3 Å². The Morgan fingerprint density at radius 2 is 1.81 bits per heavy atom. The summed E-state index contributed by atoms with van der Waals surface area (Å²) in [7, 11) is 1.28. The minimum absolute atomic E-state index is 0.173. The topological polar surface area (TPSA) is 140 Å². The number of nitrogens with zero attached hydrogens (tertiary/aromatic N) is 1. The van der Waals surface area contributed by atoms with Gasteiger partial charge < -0.3 is 34.7 Å². The van der Waals surface area contributed by atoms with E-state index in [-0.39, 0.29) is 12.2 Å². The lowest BCUT2D eigenvalue weighted by molar-refractivity contribution is -0.136. The number of esters is 1. The van der Waals surface area contributed by atoms with E-state index in [9.17, 15) is 14.7 Å². The number of aliphatic hydroxyl groups is 1. The third-order valence-electron chi connectivity index (χ3n) is 7.33. The van der Waals surface area contributed by atoms with Gasteiger partial charge in [-0.2, -0.15) is 5.10 Å². The maximum atomic E-state index is 12.5. The highest BCUT2D eigenvalue weighted by molar-refractivity contribution is 6.30. The van der Waals surface area contributed by atoms with E-state index in [1.54, 1.807) is 43.3 Å². The number of rotatable bonds is 13. The van der Waals surface area contributed by atoms with Crippen molar-refractivity contribution in [2.45, 2.75) is 32.7 Å². The Morgan fingerprint density at radius 3 is 2.62 bits per heavy atom. The Morgan fingerprint density at radius 1 is 1.02 bits per heavy atom. The van der Waals surface area contributed by atoms with Crippen LogP contribution in [0.3, 0.4) is 0 Å². The fourth-order valence-electron chi connectivity index (χ4n) is 5.14. The average Bonchev–Trinajstić information content (AvgIpc) is 3.06. The van der Waals surface area contributed by atoms with Crippen molar-refractivity contribution in [1.82, 2.24) is 16.1 Å². The van der Waals surface area contributed by atoms with E-state index in [1.165, 1.54) is 13.3 Å². The van der Waals surface area contributed by atoms with Crippen LogP contribution in [0.2, 0.25) is 5.02 Å². The van der Waals surface area contributed by atoms with Gasteiger partial charge in [0.1, 0.15) is 19.0 Å². The van der Waals surface area contributed by atoms with Crippen LogP contribution in [-0.2, 0) is 16.1 Å². The molecule has 0 fully saturated rings. The summed E-state index contributed by atoms with van der Waals surface area (Å²) in [6, 6.07) is 23.2. The number of carbonyl (C=O) groups is 2. The van der Waals surface area contributed by atoms with Crippen LogP contribution in [0.1, 0.15) is 36.6 Å². The van der Waals surface area contributed by atoms with Crippen molar-refractivity contribution < 1.29 is 33.6 Å². The van der Waals surface area contributed by atoms with Crippen LogP contribution >= 0.6 is 11.6 Å². The van der Waals surface area contributed by atoms with E-state index in [2.05, 4.69) is 39.4 Å². The summed E-state index contributed by atoms with van der Waals surface area (Å²) in [5, 5.41) is 22.8. The smallest absolute Gasteiger partial charge is 0.337 e. The van der Waals surface area contributed by atoms with E-state index < -0.39 is 24.3 Å². The molecule has 12 heteroatoms. The molecule has 47 heavy (non-hydrogen) atoms. The van der Waals surface area contributed by atoms with Gasteiger partial charge in [0, 0.05) is 16.3 Å². The molecule has 1 aliphatic rings. The van der Waals surface area contributed by atoms with E-state index >= 15 is 0 Å². The zero-order valence-corrected chi connectivity index (χ0v) is 26.8. The van der Waals surface area contributed by atoms with Crippen molar-refractivity contribution >= 4 is 40.6 Å². The first-order valence-electron chi connectivity index (χ1n) is 14.9. The van der Waals surface area contributed by atoms with Gasteiger partial charge in [-0.3, -0.25) is 5.43 Å². The molecule has 0 spiro atoms. The molecule has 0 saturated heterocycles. The summed E-state index contributed by atoms with van der Waals surface area (Å²) in [5.41, 5.74) is 5.54. The quantitative estimate of drug-likeness (QED) is 0.0631. The monoisotopic (exact) mass is 658 g/mol. The molecule has 4 aromatic carbocycles. The third kappa shape index (κ3) is 8.13. The van der Waals surface area contributed by atoms with Gasteiger partial charge in [-0.1, -0.05) is 60.1 Å². The summed E-state index contributed by atoms with van der Waals surface area (Å²) in [6.45, 7) is 3.94. The van der Waals surface area contributed by atoms with Gasteiger partial charge in [-0.05, 0) is 66.1 Å². The standard InChI is InChI=1S/C35H35ClN4O7/c1-4-45-30-17-23(33-32(34(42)44-3)21(2)38-35(43)39-33)12-14-29(30)47-20-31(41)40-37-18-25-16-26(36)13-15-28(25)46-19-24-10-7-9-22-8-5-6-11-27(22)24/h5-18,31,33,40-41H,4,19-20H2,1-3H3,(H2,38,39,43)/b37-18+/t31-,33-/m0/s1. The number of aliphatic hydroxyl groups excluding tert-OH is 1. The second kappa shape index (κ2) is 15.4. The van der Waals surface area contributed by atoms with Crippen LogP contribution < -0.4 is 30.3 Å². The van der Waals surface area contributed by atoms with E-state index in [0.717, 1.165) is 16.3 Å². The number of benzene rings is 4. The Hall–Kier alpha value is -5.26. The summed E-state index contributed by atoms with van der Waals surface area (Å²) >= 11 is 6.25. The lowest BCUT2D eigenvalue weighted by Gasteiger charge is -2.28. The molecule has 2 amide bonds. The van der Waals surface area contributed by atoms with Crippen molar-refractivity contribution in [3.8, 4) is 17.2 Å². The van der Waals surface area contributed by atoms with Crippen LogP contribution in [0.5, 0.6) is 17.2 Å². The maximum Gasteiger partial charge on any atom is 0.337 e. The Kier molecular flexibility index (Phi) is 10.8. The number of hydrogen-bond acceptors (Lipinski definition) is 9. The minimum atomic E-state index is -1.18. The van der Waals surface area contributed by atoms with E-state index in [4.69, 9.17) is 30.5 Å². The summed E-state index contributed by atoms with van der Waals surface area (Å²) in [4.78, 5) is 24.7. The number of hydrogen-bond donors (Lipinski definition) is 4. The number of urea groups is 1. The summed E-state index contributed by atoms with van der Waals surface area (Å²) in [5.74, 6) is 0.710. The zero-order valence-electron chi connectivity index (χ0n) is 26.1. The number of ether oxygens (including phenoxy) is 4. The summed E-state index contributed by atoms with van der Waals surface area (Å²) < 4.78 is 22.7. The number of hydrazone groups is 1. The Labute approximate surface area is 277 Å². The zero-order chi connectivity index (χ0) is 33.3. The van der Waals surface area contributed by atoms with Crippen molar-refractivity contribution in [1.29, 1.82) is 0 Å². The summed E-state index contributed by atoms with van der Waals surface area (Å²) in [6.07, 6.45) is 0.329. The minimum Gasteiger partial charge on any atom is -0.490 e. The number of fused-ring (bicyclic) bond motifs is 1. The molecule has 0 radical (unpaired) electrons. The van der Waals surface area contributed by atoms with E-state index in [1.807, 2.05) is 31.2 Å². The second-order valence-corrected chi connectivity index (χ2v) is 11.0. The van der Waals surface area contributed by atoms with Crippen LogP contribution in [0, 0.1) is 0 Å². The van der Waals surface area contributed by atoms with Crippen molar-refractivity contribution in [3.63, 3.8) is 0 Å². The molecule has 244 valence electrons. The Bertz CT molecular complexity index is 1820. The molecule has 0 aromatic heterocycles. The average molecular weight is 659 g/mol. The SMILES string of the molecule is CCOc1cc([C@@H]2NC(=O)NC(C)=C2C(=O)OC)ccc1OC[C@H](O)N/N=C/c1cc(Cl)ccc1OCc1cccc2ccccc12. The molecule has 1 heterocycles. The predicted octanol–water partition coefficient (Wildman–Crippen LogP) is 5.59. The van der Waals surface area contributed by atoms with Crippen LogP contribution in [0.15, 0.2) is 95.2 Å². The fraction of sp³-hybridized carbons (Fsp3) is 0.229. The van der Waals surface area contributed by atoms with Gasteiger partial charge in [-0.25, -0.2) is 9.59 Å². The first-order valence-corrected chi connectivity index (χ1v) is 15.3. The molecule has 0 unspecified atom stereocenters. The first-order chi connectivity index (χ1) is 22.8. The second-order valence-electron chi connectivity index (χ2n) is 10.5. The van der Waals surface area contributed by atoms with Gasteiger partial charge >= 0.3 is 12.0 Å². The van der Waals surface area contributed by atoms with Gasteiger partial charge in [0.15, 0.2) is 17.7 Å². The number of amides is 2. The van der Waals surface area contributed by atoms with Gasteiger partial charge in [0.2, 0.25) is 0 Å². The van der Waals surface area contributed by atoms with Gasteiger partial charge in [0.25, 0.3) is 0 Å². The molecular weight excluding hydrogens is 624 g/mol. The largest absolute Gasteiger partial charge is 0.490 e. The molecule has 1 aliphatic heterocycles. The molecule has 11 nitrogen and oxygen atoms in total. The number of halogens is 1. The molecule has 5 rings (SSSR count). The first kappa shape index (κ1) is 33.1. The molecule has 0 aliphatic carbocycles. The van der Waals surface area contributed by atoms with Crippen LogP contribution in [-0.4, -0.2) is 49.9 Å². The fourth-order valence-corrected chi connectivity index (χ4v) is 5.32. The Balaban J connectivity index is 1.23. The van der Waals surface area contributed by atoms with Gasteiger partial charge in [0.05, 0.1) is 31.5 Å². The lowest BCUT2D eigenvalue weighted by atomic mass is 9.95. The third-order valence-corrected chi connectivity index (χ3v) is 7.57. The van der Waals surface area contributed by atoms with Crippen molar-refractivity contribution in [2.24, 2.45) is 5.10 Å². The van der Waals surface area contributed by atoms with E-state index in [0.29, 0.717) is 52.3 Å². The molecule has 2 atom stereocenters. The molecular formula is C35H35ClN4O7. The predicted molar refractivity (Wildman–Crippen MR) is 179 cm³/mol. The van der Waals surface area contributed by atoms with Crippen LogP contribution in [0.25, 0.3) is 10.8 Å². The van der Waals surface area contributed by atoms with Crippen LogP contribution in [0.4, 0.5) is 4.79 Å². The highest BCUT2D eigenvalue weighted by atomic mass is 35.5. The number of carbonyl (C=O) groups excluding carboxylic acids is 2. The number of nitrogens with one attached hydrogen (secondary N) is 3. The highest BCUT2D eigenvalue weighted by Crippen LogP contribution is 2.35. The van der Waals surface area contributed by atoms with Gasteiger partial charge in [-0.15, -0.1) is 0 Å². The normalized spacial score (nSPS) is 15.2. The maximum absolute atomic E-state index is 12.5. The molecule has 4 N–H and O–H groups in total. The highest BCUT2D eigenvalue weighted by Gasteiger charge is 2.32. The lowest BCUT2D eigenvalue weighted by Crippen LogP contribution is -2.45.